The van der Waals surface area contributed by atoms with E-state index in [9.17, 15) is 9.59 Å². The number of pyridine rings is 1. The zero-order chi connectivity index (χ0) is 21.4. The number of nitrogens with one attached hydrogen (secondary N) is 1. The number of piperidine rings is 1. The molecule has 8 nitrogen and oxygen atoms in total. The fourth-order valence-corrected chi connectivity index (χ4v) is 4.07. The molecule has 1 aliphatic rings. The van der Waals surface area contributed by atoms with Gasteiger partial charge < -0.3 is 16.0 Å². The van der Waals surface area contributed by atoms with Crippen LogP contribution in [0.2, 0.25) is 0 Å². The van der Waals surface area contributed by atoms with E-state index >= 15 is 0 Å². The van der Waals surface area contributed by atoms with Gasteiger partial charge in [0.1, 0.15) is 5.82 Å². The van der Waals surface area contributed by atoms with E-state index in [1.807, 2.05) is 25.4 Å². The number of hydrogen-bond acceptors (Lipinski definition) is 5. The summed E-state index contributed by atoms with van der Waals surface area (Å²) in [4.78, 5) is 31.6. The van der Waals surface area contributed by atoms with Gasteiger partial charge in [0.15, 0.2) is 0 Å². The molecule has 1 fully saturated rings. The Morgan fingerprint density at radius 2 is 2.07 bits per heavy atom. The molecule has 1 aliphatic heterocycles. The average Bonchev–Trinajstić information content (AvgIpc) is 3.09. The molecule has 4 rings (SSSR count). The molecule has 30 heavy (non-hydrogen) atoms. The van der Waals surface area contributed by atoms with Crippen LogP contribution in [0.5, 0.6) is 0 Å². The number of likely N-dealkylation sites (tertiary alicyclic amines) is 1. The molecule has 0 unspecified atom stereocenters. The van der Waals surface area contributed by atoms with Gasteiger partial charge in [-0.3, -0.25) is 14.3 Å². The predicted molar refractivity (Wildman–Crippen MR) is 118 cm³/mol. The predicted octanol–water partition coefficient (Wildman–Crippen LogP) is 3.04. The molecule has 8 heteroatoms. The smallest absolute Gasteiger partial charge is 0.313 e. The van der Waals surface area contributed by atoms with E-state index in [0.717, 1.165) is 34.9 Å². The van der Waals surface area contributed by atoms with Crippen LogP contribution in [0.25, 0.3) is 10.9 Å². The van der Waals surface area contributed by atoms with Crippen LogP contribution in [-0.4, -0.2) is 38.0 Å². The van der Waals surface area contributed by atoms with Crippen LogP contribution in [-0.2, 0) is 16.6 Å². The molecule has 0 bridgehead atoms. The Bertz CT molecular complexity index is 1130. The molecule has 3 aromatic rings. The first-order valence-electron chi connectivity index (χ1n) is 10.1. The number of nitrogen functional groups attached to an aromatic ring is 1. The van der Waals surface area contributed by atoms with Crippen LogP contribution in [0.4, 0.5) is 11.5 Å². The Balaban J connectivity index is 0.00000272. The SMILES string of the molecule is Cc1cc(NC(=O)C(=O)N2C[C@@H](C)CC[C@@H]2c2ccc3nn(C)cc3c2)cnc1N.[HH]. The molecule has 3 heterocycles. The molecular weight excluding hydrogens is 380 g/mol. The average molecular weight is 409 g/mol. The summed E-state index contributed by atoms with van der Waals surface area (Å²) < 4.78 is 1.77. The Labute approximate surface area is 176 Å². The molecule has 2 aromatic heterocycles. The molecule has 1 aromatic carbocycles. The summed E-state index contributed by atoms with van der Waals surface area (Å²) in [6, 6.07) is 7.60. The van der Waals surface area contributed by atoms with Crippen molar-refractivity contribution in [3.8, 4) is 0 Å². The third-order valence-corrected chi connectivity index (χ3v) is 5.68. The molecular formula is C22H28N6O2. The number of amides is 2. The second kappa shape index (κ2) is 7.78. The molecule has 2 atom stereocenters. The number of nitrogens with zero attached hydrogens (tertiary/aromatic N) is 4. The summed E-state index contributed by atoms with van der Waals surface area (Å²) in [5, 5.41) is 8.10. The van der Waals surface area contributed by atoms with Crippen molar-refractivity contribution in [1.82, 2.24) is 19.7 Å². The fourth-order valence-electron chi connectivity index (χ4n) is 4.07. The van der Waals surface area contributed by atoms with Crippen molar-refractivity contribution in [1.29, 1.82) is 0 Å². The highest BCUT2D eigenvalue weighted by molar-refractivity contribution is 6.39. The van der Waals surface area contributed by atoms with E-state index in [0.29, 0.717) is 24.0 Å². The Morgan fingerprint density at radius 1 is 1.27 bits per heavy atom. The first-order chi connectivity index (χ1) is 14.3. The summed E-state index contributed by atoms with van der Waals surface area (Å²) in [5.74, 6) is -0.467. The van der Waals surface area contributed by atoms with Crippen LogP contribution in [0.3, 0.4) is 0 Å². The van der Waals surface area contributed by atoms with Gasteiger partial charge in [-0.25, -0.2) is 4.98 Å². The van der Waals surface area contributed by atoms with Gasteiger partial charge in [-0.15, -0.1) is 0 Å². The largest absolute Gasteiger partial charge is 0.383 e. The van der Waals surface area contributed by atoms with E-state index < -0.39 is 11.8 Å². The third-order valence-electron chi connectivity index (χ3n) is 5.68. The van der Waals surface area contributed by atoms with Crippen molar-refractivity contribution in [3.63, 3.8) is 0 Å². The highest BCUT2D eigenvalue weighted by atomic mass is 16.2. The molecule has 158 valence electrons. The number of benzene rings is 1. The molecule has 0 aliphatic carbocycles. The lowest BCUT2D eigenvalue weighted by Gasteiger charge is -2.38. The topological polar surface area (TPSA) is 106 Å². The van der Waals surface area contributed by atoms with Crippen molar-refractivity contribution in [2.75, 3.05) is 17.6 Å². The van der Waals surface area contributed by atoms with Gasteiger partial charge in [0.2, 0.25) is 0 Å². The quantitative estimate of drug-likeness (QED) is 0.634. The normalized spacial score (nSPS) is 19.1. The molecule has 0 radical (unpaired) electrons. The van der Waals surface area contributed by atoms with E-state index in [4.69, 9.17) is 5.73 Å². The minimum Gasteiger partial charge on any atom is -0.383 e. The summed E-state index contributed by atoms with van der Waals surface area (Å²) in [7, 11) is 1.88. The van der Waals surface area contributed by atoms with Gasteiger partial charge in [0, 0.05) is 26.6 Å². The van der Waals surface area contributed by atoms with Crippen molar-refractivity contribution in [2.45, 2.75) is 32.7 Å². The third kappa shape index (κ3) is 3.85. The van der Waals surface area contributed by atoms with Gasteiger partial charge in [0.25, 0.3) is 0 Å². The number of rotatable bonds is 2. The van der Waals surface area contributed by atoms with Crippen LogP contribution in [0.1, 0.15) is 38.4 Å². The Hall–Kier alpha value is -3.42. The van der Waals surface area contributed by atoms with E-state index in [1.54, 1.807) is 22.6 Å². The van der Waals surface area contributed by atoms with Crippen LogP contribution < -0.4 is 11.1 Å². The second-order valence-electron chi connectivity index (χ2n) is 8.16. The first kappa shape index (κ1) is 19.9. The minimum absolute atomic E-state index is 0. The first-order valence-corrected chi connectivity index (χ1v) is 10.1. The van der Waals surface area contributed by atoms with Crippen LogP contribution >= 0.6 is 0 Å². The van der Waals surface area contributed by atoms with Crippen LogP contribution in [0, 0.1) is 12.8 Å². The number of anilines is 2. The lowest BCUT2D eigenvalue weighted by Crippen LogP contribution is -2.46. The van der Waals surface area contributed by atoms with Crippen LogP contribution in [0.15, 0.2) is 36.7 Å². The molecule has 2 amide bonds. The number of carbonyl (C=O) groups excluding carboxylic acids is 2. The molecule has 1 saturated heterocycles. The number of aryl methyl sites for hydroxylation is 2. The molecule has 3 N–H and O–H groups in total. The summed E-state index contributed by atoms with van der Waals surface area (Å²) in [6.45, 7) is 4.45. The molecule has 0 spiro atoms. The number of nitrogens with two attached hydrogens (primary N) is 1. The van der Waals surface area contributed by atoms with E-state index in [-0.39, 0.29) is 7.47 Å². The lowest BCUT2D eigenvalue weighted by atomic mass is 9.89. The standard InChI is InChI=1S/C22H26N6O2.H2/c1-13-4-7-19(15-5-6-18-16(9-15)12-27(3)26-18)28(11-13)22(30)21(29)25-17-8-14(2)20(23)24-10-17;/h5-6,8-10,12-13,19H,4,7,11H2,1-3H3,(H2,23,24)(H,25,29);1H/t13-,19+;/m0./s1. The number of aromatic nitrogens is 3. The number of hydrogen-bond donors (Lipinski definition) is 2. The second-order valence-corrected chi connectivity index (χ2v) is 8.16. The summed E-state index contributed by atoms with van der Waals surface area (Å²) in [5.41, 5.74) is 8.86. The van der Waals surface area contributed by atoms with Gasteiger partial charge in [-0.2, -0.15) is 5.10 Å². The van der Waals surface area contributed by atoms with Gasteiger partial charge >= 0.3 is 11.8 Å². The van der Waals surface area contributed by atoms with Crippen molar-refractivity contribution < 1.29 is 11.0 Å². The maximum atomic E-state index is 13.1. The highest BCUT2D eigenvalue weighted by Crippen LogP contribution is 2.34. The maximum absolute atomic E-state index is 13.1. The van der Waals surface area contributed by atoms with Gasteiger partial charge in [-0.1, -0.05) is 13.0 Å². The fraction of sp³-hybridized carbons (Fsp3) is 0.364. The molecule has 0 saturated carbocycles. The zero-order valence-electron chi connectivity index (χ0n) is 17.4. The summed E-state index contributed by atoms with van der Waals surface area (Å²) in [6.07, 6.45) is 5.23. The lowest BCUT2D eigenvalue weighted by molar-refractivity contribution is -0.146. The van der Waals surface area contributed by atoms with Gasteiger partial charge in [0.05, 0.1) is 23.4 Å². The number of fused-ring (bicyclic) bond motifs is 1. The monoisotopic (exact) mass is 408 g/mol. The Kier molecular flexibility index (Phi) is 5.15. The zero-order valence-corrected chi connectivity index (χ0v) is 17.4. The van der Waals surface area contributed by atoms with Crippen molar-refractivity contribution in [2.24, 2.45) is 13.0 Å². The minimum atomic E-state index is -0.664. The summed E-state index contributed by atoms with van der Waals surface area (Å²) >= 11 is 0. The Morgan fingerprint density at radius 3 is 2.83 bits per heavy atom. The van der Waals surface area contributed by atoms with Gasteiger partial charge in [-0.05, 0) is 55.0 Å². The highest BCUT2D eigenvalue weighted by Gasteiger charge is 2.34. The number of carbonyl (C=O) groups is 2. The maximum Gasteiger partial charge on any atom is 0.313 e. The van der Waals surface area contributed by atoms with Crippen molar-refractivity contribution in [3.05, 3.63) is 47.8 Å². The van der Waals surface area contributed by atoms with E-state index in [2.05, 4.69) is 28.4 Å². The van der Waals surface area contributed by atoms with Crippen molar-refractivity contribution >= 4 is 34.2 Å². The van der Waals surface area contributed by atoms with E-state index in [1.165, 1.54) is 6.20 Å².